The largest absolute Gasteiger partial charge is 0.400 e. The van der Waals surface area contributed by atoms with Crippen molar-refractivity contribution >= 4 is 27.2 Å². The summed E-state index contributed by atoms with van der Waals surface area (Å²) in [4.78, 5) is 4.80. The number of aliphatic hydroxyl groups is 2. The zero-order valence-electron chi connectivity index (χ0n) is 13.6. The molecule has 0 radical (unpaired) electrons. The summed E-state index contributed by atoms with van der Waals surface area (Å²) in [7, 11) is 1.00. The van der Waals surface area contributed by atoms with E-state index in [0.717, 1.165) is 22.9 Å². The van der Waals surface area contributed by atoms with Crippen LogP contribution in [0.1, 0.15) is 62.4 Å². The minimum Gasteiger partial charge on any atom is -0.400 e. The number of nitrogens with zero attached hydrogens (tertiary/aromatic N) is 1. The smallest absolute Gasteiger partial charge is 0.0969 e. The highest BCUT2D eigenvalue weighted by Gasteiger charge is 2.23. The highest BCUT2D eigenvalue weighted by atomic mass is 32.1. The van der Waals surface area contributed by atoms with Crippen LogP contribution >= 0.6 is 11.3 Å². The Labute approximate surface area is 136 Å². The molecule has 0 unspecified atom stereocenters. The van der Waals surface area contributed by atoms with Gasteiger partial charge in [0.2, 0.25) is 0 Å². The van der Waals surface area contributed by atoms with Gasteiger partial charge in [0.25, 0.3) is 0 Å². The Morgan fingerprint density at radius 1 is 1.18 bits per heavy atom. The number of fused-ring (bicyclic) bond motifs is 1. The molecule has 4 N–H and O–H groups in total. The Bertz CT molecular complexity index is 625. The number of hydrogen-bond donors (Lipinski definition) is 3. The third-order valence-electron chi connectivity index (χ3n) is 4.19. The molecule has 0 amide bonds. The van der Waals surface area contributed by atoms with Gasteiger partial charge in [-0.3, -0.25) is 0 Å². The predicted octanol–water partition coefficient (Wildman–Crippen LogP) is 3.76. The van der Waals surface area contributed by atoms with Crippen molar-refractivity contribution in [2.75, 3.05) is 12.8 Å². The minimum absolute atomic E-state index is 0.618. The Morgan fingerprint density at radius 3 is 2.41 bits per heavy atom. The highest BCUT2D eigenvalue weighted by Crippen LogP contribution is 2.39. The number of rotatable bonds is 2. The maximum Gasteiger partial charge on any atom is 0.0969 e. The molecule has 0 atom stereocenters. The van der Waals surface area contributed by atoms with Crippen molar-refractivity contribution in [3.05, 3.63) is 22.7 Å². The summed E-state index contributed by atoms with van der Waals surface area (Å²) in [6.07, 6.45) is 6.51. The molecular formula is C17H26N2O2S. The first-order chi connectivity index (χ1) is 10.4. The second-order valence-corrected chi connectivity index (χ2v) is 7.42. The number of aliphatic hydroxyl groups excluding tert-OH is 1. The van der Waals surface area contributed by atoms with E-state index in [1.165, 1.54) is 37.1 Å². The third-order valence-corrected chi connectivity index (χ3v) is 5.37. The molecule has 122 valence electrons. The fourth-order valence-corrected chi connectivity index (χ4v) is 4.23. The number of anilines is 1. The van der Waals surface area contributed by atoms with Crippen molar-refractivity contribution in [3.8, 4) is 0 Å². The molecule has 1 aliphatic rings. The van der Waals surface area contributed by atoms with Gasteiger partial charge < -0.3 is 15.9 Å². The monoisotopic (exact) mass is 322 g/mol. The maximum absolute atomic E-state index is 10.2. The van der Waals surface area contributed by atoms with E-state index in [2.05, 4.69) is 0 Å². The quantitative estimate of drug-likeness (QED) is 0.736. The first kappa shape index (κ1) is 17.2. The molecule has 1 aliphatic carbocycles. The summed E-state index contributed by atoms with van der Waals surface area (Å²) in [5.41, 5.74) is 7.55. The van der Waals surface area contributed by atoms with Gasteiger partial charge in [-0.05, 0) is 38.8 Å². The molecular weight excluding hydrogens is 296 g/mol. The number of nitrogens with two attached hydrogens (primary N) is 1. The molecule has 1 fully saturated rings. The summed E-state index contributed by atoms with van der Waals surface area (Å²) in [6, 6.07) is 3.92. The number of aromatic nitrogens is 1. The molecule has 22 heavy (non-hydrogen) atoms. The molecule has 4 nitrogen and oxygen atoms in total. The third kappa shape index (κ3) is 3.59. The fraction of sp³-hybridized carbons (Fsp3) is 0.588. The Hall–Kier alpha value is -1.17. The molecule has 5 heteroatoms. The fourth-order valence-electron chi connectivity index (χ4n) is 3.06. The summed E-state index contributed by atoms with van der Waals surface area (Å²) in [5, 5.41) is 18.4. The molecule has 1 saturated carbocycles. The van der Waals surface area contributed by atoms with Crippen LogP contribution in [0.4, 0.5) is 5.69 Å². The number of benzene rings is 1. The van der Waals surface area contributed by atoms with E-state index in [-0.39, 0.29) is 0 Å². The van der Waals surface area contributed by atoms with E-state index in [9.17, 15) is 5.11 Å². The zero-order valence-corrected chi connectivity index (χ0v) is 14.4. The van der Waals surface area contributed by atoms with Crippen LogP contribution in [-0.2, 0) is 5.60 Å². The summed E-state index contributed by atoms with van der Waals surface area (Å²) < 4.78 is 1.14. The van der Waals surface area contributed by atoms with Crippen LogP contribution in [0.15, 0.2) is 12.1 Å². The number of thiazole rings is 1. The van der Waals surface area contributed by atoms with E-state index in [0.29, 0.717) is 11.6 Å². The lowest BCUT2D eigenvalue weighted by Crippen LogP contribution is -2.17. The Balaban J connectivity index is 0.000000847. The number of hydrogen-bond acceptors (Lipinski definition) is 5. The maximum atomic E-state index is 10.2. The van der Waals surface area contributed by atoms with E-state index in [1.807, 2.05) is 12.1 Å². The molecule has 3 rings (SSSR count). The second kappa shape index (κ2) is 6.94. The van der Waals surface area contributed by atoms with Gasteiger partial charge in [-0.2, -0.15) is 0 Å². The topological polar surface area (TPSA) is 79.4 Å². The SMILES string of the molecule is CC(C)(O)c1cc2nc(C3CCCCC3)sc2cc1N.CO. The van der Waals surface area contributed by atoms with Crippen molar-refractivity contribution < 1.29 is 10.2 Å². The van der Waals surface area contributed by atoms with Crippen molar-refractivity contribution in [1.29, 1.82) is 0 Å². The predicted molar refractivity (Wildman–Crippen MR) is 93.2 cm³/mol. The van der Waals surface area contributed by atoms with Crippen molar-refractivity contribution in [2.45, 2.75) is 57.5 Å². The van der Waals surface area contributed by atoms with Gasteiger partial charge in [0.05, 0.1) is 20.8 Å². The summed E-state index contributed by atoms with van der Waals surface area (Å²) in [6.45, 7) is 3.53. The first-order valence-electron chi connectivity index (χ1n) is 7.82. The lowest BCUT2D eigenvalue weighted by atomic mass is 9.90. The van der Waals surface area contributed by atoms with Crippen LogP contribution in [0.3, 0.4) is 0 Å². The van der Waals surface area contributed by atoms with Crippen LogP contribution < -0.4 is 5.73 Å². The minimum atomic E-state index is -0.924. The van der Waals surface area contributed by atoms with Crippen LogP contribution in [0.5, 0.6) is 0 Å². The zero-order chi connectivity index (χ0) is 16.3. The molecule has 0 saturated heterocycles. The van der Waals surface area contributed by atoms with Gasteiger partial charge in [0, 0.05) is 24.3 Å². The average Bonchev–Trinajstić information content (AvgIpc) is 2.91. The average molecular weight is 322 g/mol. The van der Waals surface area contributed by atoms with E-state index in [4.69, 9.17) is 15.8 Å². The van der Waals surface area contributed by atoms with Gasteiger partial charge in [-0.1, -0.05) is 19.3 Å². The summed E-state index contributed by atoms with van der Waals surface area (Å²) in [5.74, 6) is 0.618. The van der Waals surface area contributed by atoms with Crippen LogP contribution in [-0.4, -0.2) is 22.3 Å². The first-order valence-corrected chi connectivity index (χ1v) is 8.64. The van der Waals surface area contributed by atoms with Gasteiger partial charge in [-0.25, -0.2) is 4.98 Å². The van der Waals surface area contributed by atoms with Gasteiger partial charge in [-0.15, -0.1) is 11.3 Å². The Kier molecular flexibility index (Phi) is 5.42. The summed E-state index contributed by atoms with van der Waals surface area (Å²) >= 11 is 1.76. The van der Waals surface area contributed by atoms with Crippen molar-refractivity contribution in [3.63, 3.8) is 0 Å². The molecule has 0 spiro atoms. The standard InChI is InChI=1S/C16H22N2OS.CH4O/c1-16(2,19)11-8-13-14(9-12(11)17)20-15(18-13)10-6-4-3-5-7-10;1-2/h8-10,19H,3-7,17H2,1-2H3;2H,1H3. The van der Waals surface area contributed by atoms with Crippen LogP contribution in [0.25, 0.3) is 10.2 Å². The lowest BCUT2D eigenvalue weighted by molar-refractivity contribution is 0.0795. The molecule has 2 aromatic rings. The van der Waals surface area contributed by atoms with Gasteiger partial charge in [0.15, 0.2) is 0 Å². The molecule has 1 aromatic carbocycles. The van der Waals surface area contributed by atoms with E-state index in [1.54, 1.807) is 25.2 Å². The Morgan fingerprint density at radius 2 is 1.82 bits per heavy atom. The second-order valence-electron chi connectivity index (χ2n) is 6.35. The van der Waals surface area contributed by atoms with Crippen LogP contribution in [0.2, 0.25) is 0 Å². The van der Waals surface area contributed by atoms with E-state index < -0.39 is 5.60 Å². The van der Waals surface area contributed by atoms with E-state index >= 15 is 0 Å². The normalized spacial score (nSPS) is 16.4. The molecule has 1 heterocycles. The van der Waals surface area contributed by atoms with Crippen LogP contribution in [0, 0.1) is 0 Å². The molecule has 0 bridgehead atoms. The van der Waals surface area contributed by atoms with Gasteiger partial charge in [0.1, 0.15) is 0 Å². The van der Waals surface area contributed by atoms with Crippen molar-refractivity contribution in [1.82, 2.24) is 4.98 Å². The molecule has 0 aliphatic heterocycles. The molecule has 1 aromatic heterocycles. The highest BCUT2D eigenvalue weighted by molar-refractivity contribution is 7.18. The lowest BCUT2D eigenvalue weighted by Gasteiger charge is -2.19. The number of nitrogen functional groups attached to an aromatic ring is 1. The van der Waals surface area contributed by atoms with Crippen molar-refractivity contribution in [2.24, 2.45) is 0 Å². The van der Waals surface area contributed by atoms with Gasteiger partial charge >= 0.3 is 0 Å².